The van der Waals surface area contributed by atoms with Crippen molar-refractivity contribution in [3.05, 3.63) is 24.0 Å². The molecule has 0 aromatic carbocycles. The van der Waals surface area contributed by atoms with Gasteiger partial charge in [0.2, 0.25) is 0 Å². The second-order valence-electron chi connectivity index (χ2n) is 7.56. The minimum absolute atomic E-state index is 0.0155. The summed E-state index contributed by atoms with van der Waals surface area (Å²) in [5.41, 5.74) is 1.89. The van der Waals surface area contributed by atoms with Gasteiger partial charge in [-0.2, -0.15) is 0 Å². The number of pyridine rings is 1. The van der Waals surface area contributed by atoms with Crippen LogP contribution >= 0.6 is 0 Å². The molecule has 1 N–H and O–H groups in total. The van der Waals surface area contributed by atoms with E-state index in [0.717, 1.165) is 30.8 Å². The molecule has 1 aliphatic rings. The number of nitrogens with one attached hydrogen (secondary N) is 1. The van der Waals surface area contributed by atoms with Gasteiger partial charge in [0, 0.05) is 19.3 Å². The number of rotatable bonds is 5. The highest BCUT2D eigenvalue weighted by Crippen LogP contribution is 2.37. The first kappa shape index (κ1) is 16.6. The molecule has 0 unspecified atom stereocenters. The van der Waals surface area contributed by atoms with E-state index in [1.165, 1.54) is 0 Å². The van der Waals surface area contributed by atoms with E-state index in [1.807, 2.05) is 47.0 Å². The summed E-state index contributed by atoms with van der Waals surface area (Å²) in [5.74, 6) is 0. The van der Waals surface area contributed by atoms with Gasteiger partial charge in [-0.3, -0.25) is 4.98 Å². The van der Waals surface area contributed by atoms with E-state index in [1.54, 1.807) is 0 Å². The number of likely N-dealkylation sites (N-methyl/N-ethyl adjacent to an activating group) is 1. The minimum Gasteiger partial charge on any atom is -0.449 e. The molecule has 122 valence electrons. The maximum absolute atomic E-state index is 11.9. The van der Waals surface area contributed by atoms with Crippen molar-refractivity contribution in [3.63, 3.8) is 0 Å². The third-order valence-corrected chi connectivity index (χ3v) is 3.73. The van der Waals surface area contributed by atoms with Gasteiger partial charge < -0.3 is 15.0 Å². The zero-order chi connectivity index (χ0) is 16.4. The van der Waals surface area contributed by atoms with Crippen molar-refractivity contribution in [1.82, 2.24) is 10.3 Å². The summed E-state index contributed by atoms with van der Waals surface area (Å²) in [6.45, 7) is 9.30. The fourth-order valence-electron chi connectivity index (χ4n) is 2.24. The average molecular weight is 305 g/mol. The molecule has 2 rings (SSSR count). The van der Waals surface area contributed by atoms with E-state index < -0.39 is 0 Å². The SMILES string of the molecule is Cc1ccc(N(C)CC2(NC(=O)OCC(C)(C)C)CC2)cn1. The molecule has 0 atom stereocenters. The van der Waals surface area contributed by atoms with Gasteiger partial charge in [0.15, 0.2) is 0 Å². The molecule has 1 amide bonds. The Morgan fingerprint density at radius 1 is 1.41 bits per heavy atom. The first-order valence-corrected chi connectivity index (χ1v) is 7.78. The second-order valence-corrected chi connectivity index (χ2v) is 7.56. The van der Waals surface area contributed by atoms with Crippen LogP contribution in [0.25, 0.3) is 0 Å². The van der Waals surface area contributed by atoms with Gasteiger partial charge in [-0.1, -0.05) is 20.8 Å². The van der Waals surface area contributed by atoms with Crippen LogP contribution in [0.3, 0.4) is 0 Å². The van der Waals surface area contributed by atoms with Crippen molar-refractivity contribution in [1.29, 1.82) is 0 Å². The van der Waals surface area contributed by atoms with E-state index in [4.69, 9.17) is 4.74 Å². The number of anilines is 1. The normalized spacial score (nSPS) is 16.0. The lowest BCUT2D eigenvalue weighted by atomic mass is 9.99. The highest BCUT2D eigenvalue weighted by molar-refractivity contribution is 5.69. The van der Waals surface area contributed by atoms with Crippen LogP contribution in [0, 0.1) is 12.3 Å². The number of hydrogen-bond donors (Lipinski definition) is 1. The molecule has 0 radical (unpaired) electrons. The number of aryl methyl sites for hydroxylation is 1. The van der Waals surface area contributed by atoms with Gasteiger partial charge in [0.05, 0.1) is 24.0 Å². The number of carbonyl (C=O) groups is 1. The largest absolute Gasteiger partial charge is 0.449 e. The Hall–Kier alpha value is -1.78. The Morgan fingerprint density at radius 2 is 2.09 bits per heavy atom. The molecule has 1 aromatic heterocycles. The van der Waals surface area contributed by atoms with Crippen LogP contribution in [-0.4, -0.2) is 36.8 Å². The van der Waals surface area contributed by atoms with E-state index >= 15 is 0 Å². The first-order chi connectivity index (χ1) is 10.2. The van der Waals surface area contributed by atoms with Gasteiger partial charge in [0.25, 0.3) is 0 Å². The maximum atomic E-state index is 11.9. The second kappa shape index (κ2) is 6.15. The monoisotopic (exact) mass is 305 g/mol. The molecule has 1 aliphatic carbocycles. The van der Waals surface area contributed by atoms with Crippen LogP contribution in [0.4, 0.5) is 10.5 Å². The Morgan fingerprint density at radius 3 is 2.59 bits per heavy atom. The lowest BCUT2D eigenvalue weighted by Gasteiger charge is -2.26. The smallest absolute Gasteiger partial charge is 0.407 e. The molecule has 1 saturated carbocycles. The molecule has 0 saturated heterocycles. The third kappa shape index (κ3) is 4.90. The summed E-state index contributed by atoms with van der Waals surface area (Å²) in [6, 6.07) is 4.05. The fraction of sp³-hybridized carbons (Fsp3) is 0.647. The predicted molar refractivity (Wildman–Crippen MR) is 88.1 cm³/mol. The highest BCUT2D eigenvalue weighted by Gasteiger charge is 2.45. The Balaban J connectivity index is 1.86. The zero-order valence-electron chi connectivity index (χ0n) is 14.3. The van der Waals surface area contributed by atoms with E-state index in [0.29, 0.717) is 6.61 Å². The summed E-state index contributed by atoms with van der Waals surface area (Å²) < 4.78 is 5.30. The van der Waals surface area contributed by atoms with Crippen LogP contribution in [0.15, 0.2) is 18.3 Å². The van der Waals surface area contributed by atoms with E-state index in [2.05, 4.69) is 21.3 Å². The lowest BCUT2D eigenvalue weighted by Crippen LogP contribution is -2.45. The predicted octanol–water partition coefficient (Wildman–Crippen LogP) is 3.13. The molecular formula is C17H27N3O2. The van der Waals surface area contributed by atoms with Crippen LogP contribution in [0.2, 0.25) is 0 Å². The lowest BCUT2D eigenvalue weighted by molar-refractivity contribution is 0.102. The minimum atomic E-state index is -0.317. The molecule has 5 nitrogen and oxygen atoms in total. The number of ether oxygens (including phenoxy) is 1. The number of hydrogen-bond acceptors (Lipinski definition) is 4. The summed E-state index contributed by atoms with van der Waals surface area (Å²) >= 11 is 0. The van der Waals surface area contributed by atoms with Gasteiger partial charge in [-0.05, 0) is 37.3 Å². The number of nitrogens with zero attached hydrogens (tertiary/aromatic N) is 2. The molecule has 0 spiro atoms. The van der Waals surface area contributed by atoms with Crippen LogP contribution in [0.5, 0.6) is 0 Å². The van der Waals surface area contributed by atoms with Crippen molar-refractivity contribution >= 4 is 11.8 Å². The number of amides is 1. The van der Waals surface area contributed by atoms with Gasteiger partial charge in [-0.25, -0.2) is 4.79 Å². The summed E-state index contributed by atoms with van der Waals surface area (Å²) in [4.78, 5) is 18.4. The topological polar surface area (TPSA) is 54.5 Å². The molecule has 0 aliphatic heterocycles. The summed E-state index contributed by atoms with van der Waals surface area (Å²) in [7, 11) is 2.02. The number of aromatic nitrogens is 1. The van der Waals surface area contributed by atoms with Crippen molar-refractivity contribution in [2.45, 2.75) is 46.1 Å². The van der Waals surface area contributed by atoms with Crippen molar-refractivity contribution < 1.29 is 9.53 Å². The Kier molecular flexibility index (Phi) is 4.63. The summed E-state index contributed by atoms with van der Waals surface area (Å²) in [5, 5.41) is 3.03. The molecule has 0 bridgehead atoms. The van der Waals surface area contributed by atoms with E-state index in [-0.39, 0.29) is 17.0 Å². The molecule has 5 heteroatoms. The number of alkyl carbamates (subject to hydrolysis) is 1. The fourth-order valence-corrected chi connectivity index (χ4v) is 2.24. The van der Waals surface area contributed by atoms with Gasteiger partial charge in [-0.15, -0.1) is 0 Å². The van der Waals surface area contributed by atoms with Gasteiger partial charge >= 0.3 is 6.09 Å². The van der Waals surface area contributed by atoms with Crippen LogP contribution in [0.1, 0.15) is 39.3 Å². The van der Waals surface area contributed by atoms with Crippen LogP contribution < -0.4 is 10.2 Å². The quantitative estimate of drug-likeness (QED) is 0.908. The number of carbonyl (C=O) groups excluding carboxylic acids is 1. The van der Waals surface area contributed by atoms with Crippen molar-refractivity contribution in [3.8, 4) is 0 Å². The molecular weight excluding hydrogens is 278 g/mol. The Bertz CT molecular complexity index is 516. The molecule has 22 heavy (non-hydrogen) atoms. The van der Waals surface area contributed by atoms with Crippen molar-refractivity contribution in [2.24, 2.45) is 5.41 Å². The molecule has 1 fully saturated rings. The standard InChI is InChI=1S/C17H27N3O2/c1-13-6-7-14(10-18-13)20(5)11-17(8-9-17)19-15(21)22-12-16(2,3)4/h6-7,10H,8-9,11-12H2,1-5H3,(H,19,21). The van der Waals surface area contributed by atoms with Crippen molar-refractivity contribution in [2.75, 3.05) is 25.1 Å². The Labute approximate surface area is 133 Å². The van der Waals surface area contributed by atoms with Crippen LogP contribution in [-0.2, 0) is 4.74 Å². The van der Waals surface area contributed by atoms with E-state index in [9.17, 15) is 4.79 Å². The van der Waals surface area contributed by atoms with Gasteiger partial charge in [0.1, 0.15) is 0 Å². The first-order valence-electron chi connectivity index (χ1n) is 7.78. The molecule has 1 aromatic rings. The summed E-state index contributed by atoms with van der Waals surface area (Å²) in [6.07, 6.45) is 3.52. The third-order valence-electron chi connectivity index (χ3n) is 3.73. The maximum Gasteiger partial charge on any atom is 0.407 e. The average Bonchev–Trinajstić information content (AvgIpc) is 3.15. The molecule has 1 heterocycles. The highest BCUT2D eigenvalue weighted by atomic mass is 16.5. The zero-order valence-corrected chi connectivity index (χ0v) is 14.3.